The van der Waals surface area contributed by atoms with E-state index in [0.717, 1.165) is 41.4 Å². The van der Waals surface area contributed by atoms with Gasteiger partial charge in [0.25, 0.3) is 0 Å². The lowest BCUT2D eigenvalue weighted by Gasteiger charge is -2.03. The number of halogens is 1. The highest BCUT2D eigenvalue weighted by molar-refractivity contribution is 7.00. The lowest BCUT2D eigenvalue weighted by atomic mass is 10.2. The zero-order chi connectivity index (χ0) is 14.2. The average molecular weight is 321 g/mol. The Balaban J connectivity index is 1.60. The van der Waals surface area contributed by atoms with E-state index >= 15 is 0 Å². The van der Waals surface area contributed by atoms with Crippen LogP contribution in [0, 0.1) is 5.92 Å². The molecule has 0 aliphatic heterocycles. The Hall–Kier alpha value is -1.57. The van der Waals surface area contributed by atoms with Crippen molar-refractivity contribution in [2.75, 3.05) is 6.54 Å². The van der Waals surface area contributed by atoms with Crippen molar-refractivity contribution in [1.29, 1.82) is 0 Å². The number of fused-ring (bicyclic) bond motifs is 1. The predicted molar refractivity (Wildman–Crippen MR) is 81.8 cm³/mol. The highest BCUT2D eigenvalue weighted by Gasteiger charge is 2.20. The summed E-state index contributed by atoms with van der Waals surface area (Å²) in [7, 11) is 0. The normalized spacial score (nSPS) is 14.9. The van der Waals surface area contributed by atoms with E-state index in [1.165, 1.54) is 24.6 Å². The van der Waals surface area contributed by atoms with Gasteiger partial charge < -0.3 is 5.32 Å². The van der Waals surface area contributed by atoms with Crippen LogP contribution in [0.15, 0.2) is 18.3 Å². The molecule has 1 aromatic carbocycles. The van der Waals surface area contributed by atoms with E-state index < -0.39 is 0 Å². The van der Waals surface area contributed by atoms with E-state index in [2.05, 4.69) is 24.4 Å². The van der Waals surface area contributed by atoms with Gasteiger partial charge in [-0.25, -0.2) is 4.68 Å². The van der Waals surface area contributed by atoms with E-state index in [4.69, 9.17) is 11.6 Å². The summed E-state index contributed by atoms with van der Waals surface area (Å²) in [6.45, 7) is 1.78. The summed E-state index contributed by atoms with van der Waals surface area (Å²) in [5.41, 5.74) is 3.22. The molecule has 0 atom stereocenters. The first-order chi connectivity index (χ1) is 10.3. The summed E-state index contributed by atoms with van der Waals surface area (Å²) < 4.78 is 10.2. The molecule has 8 heteroatoms. The molecular formula is C13H13ClN6S. The molecule has 0 spiro atoms. The fraction of sp³-hybridized carbons (Fsp3) is 0.385. The second kappa shape index (κ2) is 5.32. The molecular weight excluding hydrogens is 308 g/mol. The topological polar surface area (TPSA) is 68.5 Å². The van der Waals surface area contributed by atoms with E-state index in [-0.39, 0.29) is 0 Å². The Bertz CT molecular complexity index is 778. The maximum absolute atomic E-state index is 6.29. The SMILES string of the molecule is Clc1ccc2nsnc2c1-n1cc(CNCC2CC2)nn1. The molecule has 0 saturated heterocycles. The maximum atomic E-state index is 6.29. The first-order valence-corrected chi connectivity index (χ1v) is 7.95. The first-order valence-electron chi connectivity index (χ1n) is 6.84. The molecule has 6 nitrogen and oxygen atoms in total. The van der Waals surface area contributed by atoms with Gasteiger partial charge in [-0.15, -0.1) is 5.10 Å². The van der Waals surface area contributed by atoms with Crippen molar-refractivity contribution < 1.29 is 0 Å². The van der Waals surface area contributed by atoms with Gasteiger partial charge in [-0.1, -0.05) is 16.8 Å². The highest BCUT2D eigenvalue weighted by Crippen LogP contribution is 2.28. The Morgan fingerprint density at radius 3 is 3.10 bits per heavy atom. The lowest BCUT2D eigenvalue weighted by molar-refractivity contribution is 0.628. The number of benzene rings is 1. The number of nitrogens with one attached hydrogen (secondary N) is 1. The number of rotatable bonds is 5. The first kappa shape index (κ1) is 13.1. The predicted octanol–water partition coefficient (Wildman–Crippen LogP) is 2.42. The molecule has 1 aliphatic rings. The maximum Gasteiger partial charge on any atom is 0.132 e. The zero-order valence-corrected chi connectivity index (χ0v) is 12.7. The molecule has 2 heterocycles. The number of hydrogen-bond acceptors (Lipinski definition) is 6. The molecule has 3 aromatic rings. The molecule has 4 rings (SSSR count). The van der Waals surface area contributed by atoms with Gasteiger partial charge in [-0.2, -0.15) is 8.75 Å². The quantitative estimate of drug-likeness (QED) is 0.782. The minimum absolute atomic E-state index is 0.595. The van der Waals surface area contributed by atoms with Crippen molar-refractivity contribution >= 4 is 34.4 Å². The van der Waals surface area contributed by atoms with Gasteiger partial charge in [-0.3, -0.25) is 0 Å². The average Bonchev–Trinajstić information content (AvgIpc) is 2.99. The van der Waals surface area contributed by atoms with Crippen molar-refractivity contribution in [2.45, 2.75) is 19.4 Å². The minimum atomic E-state index is 0.595. The third-order valence-electron chi connectivity index (χ3n) is 3.56. The molecule has 0 radical (unpaired) electrons. The second-order valence-corrected chi connectivity index (χ2v) is 6.19. The van der Waals surface area contributed by atoms with Crippen LogP contribution < -0.4 is 5.32 Å². The molecule has 108 valence electrons. The molecule has 1 N–H and O–H groups in total. The van der Waals surface area contributed by atoms with Gasteiger partial charge in [0, 0.05) is 6.54 Å². The molecule has 1 fully saturated rings. The van der Waals surface area contributed by atoms with Crippen LogP contribution in [0.2, 0.25) is 5.02 Å². The molecule has 2 aromatic heterocycles. The zero-order valence-electron chi connectivity index (χ0n) is 11.2. The second-order valence-electron chi connectivity index (χ2n) is 5.26. The van der Waals surface area contributed by atoms with Crippen LogP contribution in [0.1, 0.15) is 18.5 Å². The standard InChI is InChI=1S/C13H13ClN6S/c14-10-3-4-11-12(18-21-17-11)13(10)20-7-9(16-19-20)6-15-5-8-1-2-8/h3-4,7-8,15H,1-2,5-6H2. The van der Waals surface area contributed by atoms with E-state index in [9.17, 15) is 0 Å². The molecule has 0 bridgehead atoms. The summed E-state index contributed by atoms with van der Waals surface area (Å²) >= 11 is 7.46. The van der Waals surface area contributed by atoms with Crippen LogP contribution in [-0.2, 0) is 6.54 Å². The molecule has 0 unspecified atom stereocenters. The number of nitrogens with zero attached hydrogens (tertiary/aromatic N) is 5. The summed E-state index contributed by atoms with van der Waals surface area (Å²) in [5.74, 6) is 0.851. The van der Waals surface area contributed by atoms with Gasteiger partial charge in [0.2, 0.25) is 0 Å². The fourth-order valence-corrected chi connectivity index (χ4v) is 3.02. The van der Waals surface area contributed by atoms with Gasteiger partial charge in [0.05, 0.1) is 28.6 Å². The van der Waals surface area contributed by atoms with Crippen LogP contribution in [0.4, 0.5) is 0 Å². The van der Waals surface area contributed by atoms with Crippen molar-refractivity contribution in [2.24, 2.45) is 5.92 Å². The van der Waals surface area contributed by atoms with Crippen LogP contribution in [0.5, 0.6) is 0 Å². The number of hydrogen-bond donors (Lipinski definition) is 1. The smallest absolute Gasteiger partial charge is 0.132 e. The Morgan fingerprint density at radius 2 is 2.24 bits per heavy atom. The molecule has 21 heavy (non-hydrogen) atoms. The largest absolute Gasteiger partial charge is 0.311 e. The molecule has 1 saturated carbocycles. The monoisotopic (exact) mass is 320 g/mol. The summed E-state index contributed by atoms with van der Waals surface area (Å²) in [6.07, 6.45) is 4.57. The van der Waals surface area contributed by atoms with Gasteiger partial charge in [-0.05, 0) is 37.4 Å². The summed E-state index contributed by atoms with van der Waals surface area (Å²) in [5, 5.41) is 12.4. The van der Waals surface area contributed by atoms with Crippen molar-refractivity contribution in [1.82, 2.24) is 29.1 Å². The minimum Gasteiger partial charge on any atom is -0.311 e. The van der Waals surface area contributed by atoms with Crippen LogP contribution in [0.3, 0.4) is 0 Å². The highest BCUT2D eigenvalue weighted by atomic mass is 35.5. The summed E-state index contributed by atoms with van der Waals surface area (Å²) in [6, 6.07) is 3.67. The third-order valence-corrected chi connectivity index (χ3v) is 4.41. The Kier molecular flexibility index (Phi) is 3.33. The third kappa shape index (κ3) is 2.64. The lowest BCUT2D eigenvalue weighted by Crippen LogP contribution is -2.16. The fourth-order valence-electron chi connectivity index (χ4n) is 2.25. The number of aromatic nitrogens is 5. The van der Waals surface area contributed by atoms with Gasteiger partial charge >= 0.3 is 0 Å². The Labute approximate surface area is 130 Å². The molecule has 0 amide bonds. The van der Waals surface area contributed by atoms with Gasteiger partial charge in [0.1, 0.15) is 16.7 Å². The van der Waals surface area contributed by atoms with Crippen molar-refractivity contribution in [3.05, 3.63) is 29.0 Å². The Morgan fingerprint density at radius 1 is 1.33 bits per heavy atom. The molecule has 1 aliphatic carbocycles. The van der Waals surface area contributed by atoms with E-state index in [0.29, 0.717) is 5.02 Å². The van der Waals surface area contributed by atoms with E-state index in [1.807, 2.05) is 18.3 Å². The summed E-state index contributed by atoms with van der Waals surface area (Å²) in [4.78, 5) is 0. The van der Waals surface area contributed by atoms with Crippen LogP contribution in [0.25, 0.3) is 16.7 Å². The van der Waals surface area contributed by atoms with Gasteiger partial charge in [0.15, 0.2) is 0 Å². The van der Waals surface area contributed by atoms with Crippen LogP contribution in [-0.4, -0.2) is 30.3 Å². The van der Waals surface area contributed by atoms with Crippen molar-refractivity contribution in [3.63, 3.8) is 0 Å². The van der Waals surface area contributed by atoms with Crippen molar-refractivity contribution in [3.8, 4) is 5.69 Å². The van der Waals surface area contributed by atoms with Crippen LogP contribution >= 0.6 is 23.3 Å². The van der Waals surface area contributed by atoms with E-state index in [1.54, 1.807) is 4.68 Å².